The second kappa shape index (κ2) is 10.4. The summed E-state index contributed by atoms with van der Waals surface area (Å²) in [7, 11) is 0. The zero-order chi connectivity index (χ0) is 20.7. The molecule has 0 spiro atoms. The Labute approximate surface area is 173 Å². The van der Waals surface area contributed by atoms with Crippen molar-refractivity contribution in [2.45, 2.75) is 46.6 Å². The lowest BCUT2D eigenvalue weighted by Gasteiger charge is -2.29. The van der Waals surface area contributed by atoms with Crippen molar-refractivity contribution in [2.75, 3.05) is 19.8 Å². The predicted molar refractivity (Wildman–Crippen MR) is 109 cm³/mol. The van der Waals surface area contributed by atoms with E-state index >= 15 is 0 Å². The third kappa shape index (κ3) is 5.19. The Bertz CT molecular complexity index is 763. The Morgan fingerprint density at radius 2 is 1.86 bits per heavy atom. The number of amides is 2. The molecule has 0 saturated heterocycles. The van der Waals surface area contributed by atoms with Gasteiger partial charge in [-0.15, -0.1) is 0 Å². The van der Waals surface area contributed by atoms with E-state index in [1.807, 2.05) is 26.8 Å². The number of hydrogen-bond donors (Lipinski definition) is 2. The van der Waals surface area contributed by atoms with Crippen LogP contribution in [0.2, 0.25) is 0 Å². The summed E-state index contributed by atoms with van der Waals surface area (Å²) in [4.78, 5) is 24.7. The molecular weight excluding hydrogens is 428 g/mol. The molecule has 8 heteroatoms. The van der Waals surface area contributed by atoms with Gasteiger partial charge in [-0.1, -0.05) is 13.8 Å². The van der Waals surface area contributed by atoms with Gasteiger partial charge >= 0.3 is 12.0 Å². The van der Waals surface area contributed by atoms with E-state index < -0.39 is 12.0 Å². The summed E-state index contributed by atoms with van der Waals surface area (Å²) < 4.78 is 17.6. The molecule has 1 heterocycles. The molecule has 0 aliphatic carbocycles. The summed E-state index contributed by atoms with van der Waals surface area (Å²) in [6.07, 6.45) is 1.57. The molecule has 0 saturated carbocycles. The fourth-order valence-electron chi connectivity index (χ4n) is 2.85. The SMILES string of the molecule is CCCOC(=O)C1=C(C)NC(=O)NC1c1cc(Br)c(OCCC)c(OCC)c1. The van der Waals surface area contributed by atoms with Gasteiger partial charge in [0.1, 0.15) is 0 Å². The first-order valence-electron chi connectivity index (χ1n) is 9.47. The summed E-state index contributed by atoms with van der Waals surface area (Å²) in [5.74, 6) is 0.688. The number of urea groups is 1. The Kier molecular flexibility index (Phi) is 8.17. The van der Waals surface area contributed by atoms with Gasteiger partial charge in [-0.2, -0.15) is 0 Å². The lowest BCUT2D eigenvalue weighted by atomic mass is 9.95. The van der Waals surface area contributed by atoms with E-state index in [0.29, 0.717) is 59.0 Å². The molecule has 1 unspecified atom stereocenters. The van der Waals surface area contributed by atoms with Crippen LogP contribution in [0.4, 0.5) is 4.79 Å². The van der Waals surface area contributed by atoms with Crippen molar-refractivity contribution >= 4 is 27.9 Å². The minimum Gasteiger partial charge on any atom is -0.490 e. The Morgan fingerprint density at radius 1 is 1.14 bits per heavy atom. The summed E-state index contributed by atoms with van der Waals surface area (Å²) in [6, 6.07) is 2.57. The van der Waals surface area contributed by atoms with E-state index in [-0.39, 0.29) is 6.03 Å². The van der Waals surface area contributed by atoms with E-state index in [0.717, 1.165) is 6.42 Å². The molecule has 0 bridgehead atoms. The highest BCUT2D eigenvalue weighted by molar-refractivity contribution is 9.10. The van der Waals surface area contributed by atoms with Gasteiger partial charge < -0.3 is 24.8 Å². The average Bonchev–Trinajstić information content (AvgIpc) is 2.65. The normalized spacial score (nSPS) is 16.3. The van der Waals surface area contributed by atoms with Gasteiger partial charge in [0.05, 0.1) is 35.9 Å². The molecule has 1 aliphatic rings. The van der Waals surface area contributed by atoms with Crippen molar-refractivity contribution in [3.63, 3.8) is 0 Å². The molecule has 28 heavy (non-hydrogen) atoms. The number of rotatable bonds is 9. The fraction of sp³-hybridized carbons (Fsp3) is 0.500. The van der Waals surface area contributed by atoms with Crippen LogP contribution in [0.5, 0.6) is 11.5 Å². The first-order valence-corrected chi connectivity index (χ1v) is 10.3. The molecule has 1 aromatic rings. The first-order chi connectivity index (χ1) is 13.4. The highest BCUT2D eigenvalue weighted by atomic mass is 79.9. The van der Waals surface area contributed by atoms with Crippen LogP contribution in [0.1, 0.15) is 52.1 Å². The maximum atomic E-state index is 12.6. The van der Waals surface area contributed by atoms with E-state index in [2.05, 4.69) is 26.6 Å². The molecule has 7 nitrogen and oxygen atoms in total. The van der Waals surface area contributed by atoms with Crippen molar-refractivity contribution in [3.8, 4) is 11.5 Å². The molecule has 1 aliphatic heterocycles. The molecule has 2 N–H and O–H groups in total. The fourth-order valence-corrected chi connectivity index (χ4v) is 3.42. The van der Waals surface area contributed by atoms with Gasteiger partial charge in [-0.05, 0) is 60.3 Å². The lowest BCUT2D eigenvalue weighted by Crippen LogP contribution is -2.45. The third-order valence-corrected chi connectivity index (χ3v) is 4.63. The number of esters is 1. The Balaban J connectivity index is 2.48. The monoisotopic (exact) mass is 454 g/mol. The second-order valence-electron chi connectivity index (χ2n) is 6.32. The quantitative estimate of drug-likeness (QED) is 0.545. The Morgan fingerprint density at radius 3 is 2.50 bits per heavy atom. The highest BCUT2D eigenvalue weighted by Crippen LogP contribution is 2.40. The maximum Gasteiger partial charge on any atom is 0.338 e. The van der Waals surface area contributed by atoms with Crippen LogP contribution < -0.4 is 20.1 Å². The standard InChI is InChI=1S/C20H27BrN2O5/c1-5-8-27-18-14(21)10-13(11-15(18)26-7-3)17-16(19(24)28-9-6-2)12(4)22-20(25)23-17/h10-11,17H,5-9H2,1-4H3,(H2,22,23,25). The topological polar surface area (TPSA) is 85.9 Å². The van der Waals surface area contributed by atoms with Gasteiger partial charge in [0.2, 0.25) is 0 Å². The van der Waals surface area contributed by atoms with Crippen LogP contribution >= 0.6 is 15.9 Å². The molecule has 1 atom stereocenters. The third-order valence-electron chi connectivity index (χ3n) is 4.04. The van der Waals surface area contributed by atoms with Crippen LogP contribution in [0, 0.1) is 0 Å². The number of carbonyl (C=O) groups excluding carboxylic acids is 2. The van der Waals surface area contributed by atoms with Gasteiger partial charge in [-0.25, -0.2) is 9.59 Å². The van der Waals surface area contributed by atoms with Crippen LogP contribution in [-0.2, 0) is 9.53 Å². The predicted octanol–water partition coefficient (Wildman–Crippen LogP) is 4.22. The van der Waals surface area contributed by atoms with E-state index in [9.17, 15) is 9.59 Å². The molecule has 0 aromatic heterocycles. The summed E-state index contributed by atoms with van der Waals surface area (Å²) in [6.45, 7) is 8.84. The molecule has 2 amide bonds. The van der Waals surface area contributed by atoms with Gasteiger partial charge in [-0.3, -0.25) is 0 Å². The lowest BCUT2D eigenvalue weighted by molar-refractivity contribution is -0.139. The summed E-state index contributed by atoms with van der Waals surface area (Å²) >= 11 is 3.53. The summed E-state index contributed by atoms with van der Waals surface area (Å²) in [5, 5.41) is 5.44. The number of halogens is 1. The molecule has 2 rings (SSSR count). The second-order valence-corrected chi connectivity index (χ2v) is 7.17. The zero-order valence-corrected chi connectivity index (χ0v) is 18.3. The minimum absolute atomic E-state index is 0.313. The molecule has 1 aromatic carbocycles. The van der Waals surface area contributed by atoms with E-state index in [4.69, 9.17) is 14.2 Å². The van der Waals surface area contributed by atoms with Gasteiger partial charge in [0, 0.05) is 5.70 Å². The number of hydrogen-bond acceptors (Lipinski definition) is 5. The van der Waals surface area contributed by atoms with Crippen LogP contribution in [0.3, 0.4) is 0 Å². The van der Waals surface area contributed by atoms with Crippen LogP contribution in [0.15, 0.2) is 27.9 Å². The summed E-state index contributed by atoms with van der Waals surface area (Å²) in [5.41, 5.74) is 1.52. The average molecular weight is 455 g/mol. The number of allylic oxidation sites excluding steroid dienone is 1. The molecule has 0 fully saturated rings. The number of carbonyl (C=O) groups is 2. The van der Waals surface area contributed by atoms with Crippen molar-refractivity contribution in [3.05, 3.63) is 33.4 Å². The molecule has 0 radical (unpaired) electrons. The van der Waals surface area contributed by atoms with Crippen molar-refractivity contribution < 1.29 is 23.8 Å². The van der Waals surface area contributed by atoms with Gasteiger partial charge in [0.15, 0.2) is 11.5 Å². The van der Waals surface area contributed by atoms with Crippen LogP contribution in [0.25, 0.3) is 0 Å². The number of nitrogens with one attached hydrogen (secondary N) is 2. The minimum atomic E-state index is -0.658. The molecule has 154 valence electrons. The van der Waals surface area contributed by atoms with E-state index in [1.165, 1.54) is 0 Å². The highest BCUT2D eigenvalue weighted by Gasteiger charge is 2.33. The zero-order valence-electron chi connectivity index (χ0n) is 16.7. The largest absolute Gasteiger partial charge is 0.490 e. The molecular formula is C20H27BrN2O5. The number of benzene rings is 1. The van der Waals surface area contributed by atoms with Crippen LogP contribution in [-0.4, -0.2) is 31.8 Å². The van der Waals surface area contributed by atoms with Crippen molar-refractivity contribution in [1.82, 2.24) is 10.6 Å². The van der Waals surface area contributed by atoms with E-state index in [1.54, 1.807) is 13.0 Å². The Hall–Kier alpha value is -2.22. The smallest absolute Gasteiger partial charge is 0.338 e. The van der Waals surface area contributed by atoms with Crippen molar-refractivity contribution in [2.24, 2.45) is 0 Å². The number of ether oxygens (including phenoxy) is 3. The van der Waals surface area contributed by atoms with Gasteiger partial charge in [0.25, 0.3) is 0 Å². The maximum absolute atomic E-state index is 12.6. The van der Waals surface area contributed by atoms with Crippen molar-refractivity contribution in [1.29, 1.82) is 0 Å². The first kappa shape index (κ1) is 22.1.